The molecule has 0 aliphatic rings. The van der Waals surface area contributed by atoms with E-state index in [0.717, 1.165) is 64.2 Å². The van der Waals surface area contributed by atoms with Gasteiger partial charge in [0.25, 0.3) is 0 Å². The van der Waals surface area contributed by atoms with Crippen LogP contribution in [0.1, 0.15) is 316 Å². The molecule has 0 saturated carbocycles. The van der Waals surface area contributed by atoms with Crippen molar-refractivity contribution in [1.82, 2.24) is 0 Å². The summed E-state index contributed by atoms with van der Waals surface area (Å²) < 4.78 is 17.5. The SMILES string of the molecule is CCCCC/C=C\C/C=C\CCCCCCCCCCCCOCC(COC(=O)CCCCCCCCCCC/C=C\C/C=C\CCCCC)OC(=O)CCCCCCCCC/C=C\C/C=C\CCCCC. The minimum absolute atomic E-state index is 0.0784. The van der Waals surface area contributed by atoms with Gasteiger partial charge in [0.15, 0.2) is 6.10 Å². The highest BCUT2D eigenvalue weighted by molar-refractivity contribution is 5.70. The van der Waals surface area contributed by atoms with Gasteiger partial charge < -0.3 is 14.2 Å². The van der Waals surface area contributed by atoms with Crippen molar-refractivity contribution >= 4 is 11.9 Å². The van der Waals surface area contributed by atoms with Crippen molar-refractivity contribution < 1.29 is 23.8 Å². The lowest BCUT2D eigenvalue weighted by Crippen LogP contribution is -2.30. The van der Waals surface area contributed by atoms with Crippen LogP contribution in [0.4, 0.5) is 0 Å². The fourth-order valence-corrected chi connectivity index (χ4v) is 8.96. The van der Waals surface area contributed by atoms with E-state index in [1.807, 2.05) is 0 Å². The third-order valence-corrected chi connectivity index (χ3v) is 13.7. The molecule has 0 rings (SSSR count). The number of allylic oxidation sites excluding steroid dienone is 12. The second kappa shape index (κ2) is 62.6. The molecule has 0 aromatic rings. The predicted molar refractivity (Wildman–Crippen MR) is 316 cm³/mol. The standard InChI is InChI=1S/C67H120O5/c1-4-7-10-13-16-19-22-25-28-31-33-35-38-41-44-47-50-53-56-59-62-70-63-65(72-67(69)61-58-55-52-49-46-43-40-36-30-27-24-21-18-15-12-9-6-3)64-71-66(68)60-57-54-51-48-45-42-39-37-34-32-29-26-23-20-17-14-11-8-5-2/h16-21,25-30,65H,4-15,22-24,31-64H2,1-3H3/b19-16-,20-17-,21-18-,28-25-,29-26-,30-27-. The molecule has 5 heteroatoms. The minimum atomic E-state index is -0.547. The zero-order valence-electron chi connectivity index (χ0n) is 48.2. The summed E-state index contributed by atoms with van der Waals surface area (Å²) in [5.74, 6) is -0.401. The van der Waals surface area contributed by atoms with Crippen LogP contribution >= 0.6 is 0 Å². The molecular formula is C67H120O5. The third kappa shape index (κ3) is 59.9. The smallest absolute Gasteiger partial charge is 0.306 e. The van der Waals surface area contributed by atoms with Crippen molar-refractivity contribution in [2.24, 2.45) is 0 Å². The van der Waals surface area contributed by atoms with E-state index in [0.29, 0.717) is 19.4 Å². The molecule has 0 spiro atoms. The number of unbranched alkanes of at least 4 members (excludes halogenated alkanes) is 35. The van der Waals surface area contributed by atoms with Crippen molar-refractivity contribution in [3.8, 4) is 0 Å². The van der Waals surface area contributed by atoms with E-state index in [2.05, 4.69) is 93.7 Å². The molecule has 0 radical (unpaired) electrons. The van der Waals surface area contributed by atoms with Crippen LogP contribution in [0.15, 0.2) is 72.9 Å². The van der Waals surface area contributed by atoms with Crippen LogP contribution in [-0.4, -0.2) is 37.9 Å². The summed E-state index contributed by atoms with van der Waals surface area (Å²) >= 11 is 0. The summed E-state index contributed by atoms with van der Waals surface area (Å²) in [5.41, 5.74) is 0. The number of rotatable bonds is 58. The maximum atomic E-state index is 12.9. The van der Waals surface area contributed by atoms with Gasteiger partial charge in [-0.1, -0.05) is 261 Å². The lowest BCUT2D eigenvalue weighted by atomic mass is 10.1. The minimum Gasteiger partial charge on any atom is -0.462 e. The monoisotopic (exact) mass is 1000 g/mol. The summed E-state index contributed by atoms with van der Waals surface area (Å²) in [7, 11) is 0. The summed E-state index contributed by atoms with van der Waals surface area (Å²) in [6, 6.07) is 0. The average Bonchev–Trinajstić information content (AvgIpc) is 3.38. The van der Waals surface area contributed by atoms with Gasteiger partial charge in [0.1, 0.15) is 6.61 Å². The molecule has 0 aliphatic heterocycles. The molecule has 72 heavy (non-hydrogen) atoms. The summed E-state index contributed by atoms with van der Waals surface area (Å²) in [6.45, 7) is 7.78. The van der Waals surface area contributed by atoms with E-state index in [9.17, 15) is 9.59 Å². The first-order valence-corrected chi connectivity index (χ1v) is 31.5. The van der Waals surface area contributed by atoms with Crippen LogP contribution in [0.2, 0.25) is 0 Å². The molecule has 0 fully saturated rings. The van der Waals surface area contributed by atoms with Crippen molar-refractivity contribution in [3.05, 3.63) is 72.9 Å². The summed E-state index contributed by atoms with van der Waals surface area (Å²) in [4.78, 5) is 25.6. The Morgan fingerprint density at radius 1 is 0.306 bits per heavy atom. The van der Waals surface area contributed by atoms with Crippen LogP contribution in [0, 0.1) is 0 Å². The Balaban J connectivity index is 4.29. The van der Waals surface area contributed by atoms with E-state index >= 15 is 0 Å². The second-order valence-electron chi connectivity index (χ2n) is 21.0. The van der Waals surface area contributed by atoms with Gasteiger partial charge in [0.2, 0.25) is 0 Å². The molecule has 0 heterocycles. The van der Waals surface area contributed by atoms with E-state index in [1.54, 1.807) is 0 Å². The van der Waals surface area contributed by atoms with Crippen LogP contribution in [0.3, 0.4) is 0 Å². The van der Waals surface area contributed by atoms with Gasteiger partial charge in [-0.25, -0.2) is 0 Å². The Kier molecular flexibility index (Phi) is 60.3. The van der Waals surface area contributed by atoms with Crippen molar-refractivity contribution in [1.29, 1.82) is 0 Å². The zero-order chi connectivity index (χ0) is 52.0. The molecule has 0 saturated heterocycles. The molecule has 0 bridgehead atoms. The fourth-order valence-electron chi connectivity index (χ4n) is 8.96. The van der Waals surface area contributed by atoms with Crippen LogP contribution in [0.5, 0.6) is 0 Å². The van der Waals surface area contributed by atoms with E-state index in [1.165, 1.54) is 218 Å². The van der Waals surface area contributed by atoms with E-state index in [-0.39, 0.29) is 25.2 Å². The third-order valence-electron chi connectivity index (χ3n) is 13.7. The van der Waals surface area contributed by atoms with Gasteiger partial charge in [-0.15, -0.1) is 0 Å². The maximum absolute atomic E-state index is 12.9. The highest BCUT2D eigenvalue weighted by Gasteiger charge is 2.17. The lowest BCUT2D eigenvalue weighted by molar-refractivity contribution is -0.163. The predicted octanol–water partition coefficient (Wildman–Crippen LogP) is 21.8. The number of esters is 2. The molecule has 0 N–H and O–H groups in total. The van der Waals surface area contributed by atoms with Crippen LogP contribution < -0.4 is 0 Å². The molecule has 0 aromatic heterocycles. The number of hydrogen-bond donors (Lipinski definition) is 0. The topological polar surface area (TPSA) is 61.8 Å². The molecule has 1 atom stereocenters. The highest BCUT2D eigenvalue weighted by Crippen LogP contribution is 2.16. The second-order valence-corrected chi connectivity index (χ2v) is 21.0. The van der Waals surface area contributed by atoms with Crippen LogP contribution in [0.25, 0.3) is 0 Å². The fraction of sp³-hybridized carbons (Fsp3) is 0.791. The van der Waals surface area contributed by atoms with Crippen molar-refractivity contribution in [2.45, 2.75) is 322 Å². The Hall–Kier alpha value is -2.66. The average molecular weight is 1010 g/mol. The first kappa shape index (κ1) is 69.3. The normalized spacial score (nSPS) is 12.7. The van der Waals surface area contributed by atoms with Gasteiger partial charge in [-0.05, 0) is 116 Å². The number of hydrogen-bond acceptors (Lipinski definition) is 5. The first-order valence-electron chi connectivity index (χ1n) is 31.5. The molecule has 1 unspecified atom stereocenters. The molecule has 0 amide bonds. The van der Waals surface area contributed by atoms with E-state index < -0.39 is 6.10 Å². The van der Waals surface area contributed by atoms with Gasteiger partial charge in [0, 0.05) is 19.4 Å². The maximum Gasteiger partial charge on any atom is 0.306 e. The van der Waals surface area contributed by atoms with E-state index in [4.69, 9.17) is 14.2 Å². The van der Waals surface area contributed by atoms with Gasteiger partial charge >= 0.3 is 11.9 Å². The lowest BCUT2D eigenvalue weighted by Gasteiger charge is -2.18. The molecule has 418 valence electrons. The Morgan fingerprint density at radius 3 is 0.917 bits per heavy atom. The zero-order valence-corrected chi connectivity index (χ0v) is 48.2. The van der Waals surface area contributed by atoms with Gasteiger partial charge in [0.05, 0.1) is 6.61 Å². The van der Waals surface area contributed by atoms with Crippen LogP contribution in [-0.2, 0) is 23.8 Å². The Labute approximate surface area is 448 Å². The molecule has 0 aromatic carbocycles. The summed E-state index contributed by atoms with van der Waals surface area (Å²) in [5, 5.41) is 0. The van der Waals surface area contributed by atoms with Gasteiger partial charge in [-0.2, -0.15) is 0 Å². The van der Waals surface area contributed by atoms with Crippen molar-refractivity contribution in [2.75, 3.05) is 19.8 Å². The molecule has 0 aliphatic carbocycles. The molecule has 5 nitrogen and oxygen atoms in total. The largest absolute Gasteiger partial charge is 0.462 e. The number of carbonyl (C=O) groups is 2. The number of carbonyl (C=O) groups excluding carboxylic acids is 2. The highest BCUT2D eigenvalue weighted by atomic mass is 16.6. The Morgan fingerprint density at radius 2 is 0.583 bits per heavy atom. The van der Waals surface area contributed by atoms with Gasteiger partial charge in [-0.3, -0.25) is 9.59 Å². The van der Waals surface area contributed by atoms with Crippen molar-refractivity contribution in [3.63, 3.8) is 0 Å². The quantitative estimate of drug-likeness (QED) is 0.0345. The molecular weight excluding hydrogens is 885 g/mol. The number of ether oxygens (including phenoxy) is 3. The summed E-state index contributed by atoms with van der Waals surface area (Å²) in [6.07, 6.45) is 82.1. The Bertz CT molecular complexity index is 1270. The first-order chi connectivity index (χ1) is 35.6.